The summed E-state index contributed by atoms with van der Waals surface area (Å²) in [4.78, 5) is 42.8. The van der Waals surface area contributed by atoms with Crippen molar-refractivity contribution < 1.29 is 23.9 Å². The molecule has 4 atom stereocenters. The summed E-state index contributed by atoms with van der Waals surface area (Å²) in [7, 11) is 1.57. The molecular weight excluding hydrogens is 506 g/mol. The number of nitrogens with zero attached hydrogens (tertiary/aromatic N) is 1. The van der Waals surface area contributed by atoms with E-state index in [2.05, 4.69) is 17.2 Å². The van der Waals surface area contributed by atoms with Gasteiger partial charge in [-0.2, -0.15) is 0 Å². The van der Waals surface area contributed by atoms with Crippen LogP contribution in [0.3, 0.4) is 0 Å². The highest BCUT2D eigenvalue weighted by atomic mass is 16.6. The van der Waals surface area contributed by atoms with E-state index in [1.165, 1.54) is 0 Å². The molecule has 0 aromatic heterocycles. The van der Waals surface area contributed by atoms with Crippen LogP contribution in [0.1, 0.15) is 78.5 Å². The number of hydrogen-bond acceptors (Lipinski definition) is 5. The van der Waals surface area contributed by atoms with Crippen molar-refractivity contribution >= 4 is 29.7 Å². The third kappa shape index (κ3) is 8.86. The topological polar surface area (TPSA) is 97.0 Å². The Morgan fingerprint density at radius 3 is 2.20 bits per heavy atom. The largest absolute Gasteiger partial charge is 0.497 e. The van der Waals surface area contributed by atoms with Gasteiger partial charge >= 0.3 is 6.09 Å². The number of carbonyl (C=O) groups is 3. The molecule has 3 amide bonds. The number of benzene rings is 2. The van der Waals surface area contributed by atoms with E-state index >= 15 is 0 Å². The van der Waals surface area contributed by atoms with Gasteiger partial charge in [-0.1, -0.05) is 58.0 Å². The van der Waals surface area contributed by atoms with Crippen LogP contribution in [0.25, 0.3) is 6.08 Å². The quantitative estimate of drug-likeness (QED) is 0.310. The third-order valence-electron chi connectivity index (χ3n) is 6.82. The van der Waals surface area contributed by atoms with Gasteiger partial charge in [0.25, 0.3) is 5.91 Å². The molecule has 4 unspecified atom stereocenters. The van der Waals surface area contributed by atoms with E-state index in [-0.39, 0.29) is 23.8 Å². The first kappa shape index (κ1) is 32.4. The fourth-order valence-corrected chi connectivity index (χ4v) is 4.25. The number of hydrogen-bond donors (Lipinski definition) is 2. The van der Waals surface area contributed by atoms with Crippen LogP contribution in [-0.4, -0.2) is 47.6 Å². The average Bonchev–Trinajstić information content (AvgIpc) is 2.92. The molecule has 2 N–H and O–H groups in total. The van der Waals surface area contributed by atoms with E-state index < -0.39 is 23.8 Å². The number of carbonyl (C=O) groups excluding carboxylic acids is 3. The van der Waals surface area contributed by atoms with E-state index in [0.717, 1.165) is 5.56 Å². The van der Waals surface area contributed by atoms with Crippen molar-refractivity contribution in [1.82, 2.24) is 10.2 Å². The zero-order valence-electron chi connectivity index (χ0n) is 25.1. The number of methoxy groups -OCH3 is 1. The van der Waals surface area contributed by atoms with Gasteiger partial charge in [0.1, 0.15) is 23.4 Å². The normalized spacial score (nSPS) is 14.2. The molecule has 218 valence electrons. The first-order valence-electron chi connectivity index (χ1n) is 13.8. The molecule has 0 saturated carbocycles. The van der Waals surface area contributed by atoms with Crippen LogP contribution >= 0.6 is 0 Å². The lowest BCUT2D eigenvalue weighted by molar-refractivity contribution is -0.144. The van der Waals surface area contributed by atoms with Gasteiger partial charge in [-0.3, -0.25) is 9.59 Å². The smallest absolute Gasteiger partial charge is 0.408 e. The van der Waals surface area contributed by atoms with Gasteiger partial charge in [-0.25, -0.2) is 4.79 Å². The summed E-state index contributed by atoms with van der Waals surface area (Å²) in [6, 6.07) is 12.2. The number of nitrogens with one attached hydrogen (secondary N) is 2. The molecule has 0 aliphatic heterocycles. The second kappa shape index (κ2) is 14.5. The Morgan fingerprint density at radius 2 is 1.68 bits per heavy atom. The van der Waals surface area contributed by atoms with Gasteiger partial charge in [-0.05, 0) is 81.5 Å². The van der Waals surface area contributed by atoms with Gasteiger partial charge in [0, 0.05) is 11.7 Å². The molecule has 0 radical (unpaired) electrons. The van der Waals surface area contributed by atoms with Crippen molar-refractivity contribution in [2.45, 2.75) is 85.0 Å². The van der Waals surface area contributed by atoms with Crippen molar-refractivity contribution in [1.29, 1.82) is 0 Å². The molecule has 0 aliphatic carbocycles. The SMILES string of the molecule is C=Cc1cccc(C(C(=O)Nc2ccc(OC)cc2)N(C(=O)C(NC(=O)OC(C)(C)C)C(C)CC)C(C)CC)c1. The summed E-state index contributed by atoms with van der Waals surface area (Å²) >= 11 is 0. The van der Waals surface area contributed by atoms with Crippen LogP contribution < -0.4 is 15.4 Å². The Kier molecular flexibility index (Phi) is 11.8. The van der Waals surface area contributed by atoms with Crippen LogP contribution in [0.2, 0.25) is 0 Å². The lowest BCUT2D eigenvalue weighted by Crippen LogP contribution is -2.56. The van der Waals surface area contributed by atoms with Crippen LogP contribution in [0.4, 0.5) is 10.5 Å². The molecule has 0 fully saturated rings. The van der Waals surface area contributed by atoms with E-state index in [0.29, 0.717) is 29.8 Å². The Labute approximate surface area is 239 Å². The molecule has 2 aromatic rings. The predicted molar refractivity (Wildman–Crippen MR) is 160 cm³/mol. The molecule has 0 aliphatic rings. The first-order chi connectivity index (χ1) is 18.8. The van der Waals surface area contributed by atoms with Gasteiger partial charge in [-0.15, -0.1) is 0 Å². The van der Waals surface area contributed by atoms with Crippen molar-refractivity contribution in [3.05, 3.63) is 66.2 Å². The van der Waals surface area contributed by atoms with Gasteiger partial charge in [0.2, 0.25) is 5.91 Å². The molecule has 2 rings (SSSR count). The van der Waals surface area contributed by atoms with Crippen molar-refractivity contribution in [2.24, 2.45) is 5.92 Å². The maximum absolute atomic E-state index is 14.4. The van der Waals surface area contributed by atoms with Gasteiger partial charge in [0.15, 0.2) is 0 Å². The number of amides is 3. The van der Waals surface area contributed by atoms with E-state index in [1.54, 1.807) is 63.1 Å². The lowest BCUT2D eigenvalue weighted by Gasteiger charge is -2.39. The van der Waals surface area contributed by atoms with E-state index in [1.807, 2.05) is 52.0 Å². The summed E-state index contributed by atoms with van der Waals surface area (Å²) in [6.07, 6.45) is 2.25. The Morgan fingerprint density at radius 1 is 1.02 bits per heavy atom. The monoisotopic (exact) mass is 551 g/mol. The molecule has 0 heterocycles. The number of rotatable bonds is 12. The number of anilines is 1. The molecule has 2 aromatic carbocycles. The average molecular weight is 552 g/mol. The van der Waals surface area contributed by atoms with Gasteiger partial charge < -0.3 is 25.0 Å². The molecule has 0 saturated heterocycles. The fourth-order valence-electron chi connectivity index (χ4n) is 4.25. The standard InChI is InChI=1S/C32H45N3O5/c1-10-21(4)27(34-31(38)40-32(6,7)8)30(37)35(22(5)11-2)28(24-15-13-14-23(12-3)20-24)29(36)33-25-16-18-26(39-9)19-17-25/h12-22,27-28H,3,10-11H2,1-2,4-9H3,(H,33,36)(H,34,38). The maximum atomic E-state index is 14.4. The zero-order chi connectivity index (χ0) is 30.0. The molecule has 8 heteroatoms. The first-order valence-corrected chi connectivity index (χ1v) is 13.8. The van der Waals surface area contributed by atoms with Crippen LogP contribution in [-0.2, 0) is 14.3 Å². The second-order valence-corrected chi connectivity index (χ2v) is 11.0. The fraction of sp³-hybridized carbons (Fsp3) is 0.469. The molecule has 0 bridgehead atoms. The number of alkyl carbamates (subject to hydrolysis) is 1. The summed E-state index contributed by atoms with van der Waals surface area (Å²) < 4.78 is 10.7. The van der Waals surface area contributed by atoms with E-state index in [4.69, 9.17) is 9.47 Å². The third-order valence-corrected chi connectivity index (χ3v) is 6.82. The minimum atomic E-state index is -0.976. The Balaban J connectivity index is 2.60. The van der Waals surface area contributed by atoms with Crippen molar-refractivity contribution in [3.8, 4) is 5.75 Å². The van der Waals surface area contributed by atoms with Crippen LogP contribution in [0.5, 0.6) is 5.75 Å². The summed E-state index contributed by atoms with van der Waals surface area (Å²) in [5, 5.41) is 5.77. The minimum absolute atomic E-state index is 0.212. The molecular formula is C32H45N3O5. The van der Waals surface area contributed by atoms with Crippen molar-refractivity contribution in [3.63, 3.8) is 0 Å². The summed E-state index contributed by atoms with van der Waals surface area (Å²) in [5.41, 5.74) is 1.30. The van der Waals surface area contributed by atoms with Crippen molar-refractivity contribution in [2.75, 3.05) is 12.4 Å². The molecule has 40 heavy (non-hydrogen) atoms. The van der Waals surface area contributed by atoms with Gasteiger partial charge in [0.05, 0.1) is 7.11 Å². The summed E-state index contributed by atoms with van der Waals surface area (Å²) in [5.74, 6) is -0.278. The predicted octanol–water partition coefficient (Wildman–Crippen LogP) is 6.58. The van der Waals surface area contributed by atoms with E-state index in [9.17, 15) is 14.4 Å². The zero-order valence-corrected chi connectivity index (χ0v) is 25.1. The Hall–Kier alpha value is -3.81. The Bertz CT molecular complexity index is 1160. The van der Waals surface area contributed by atoms with Crippen LogP contribution in [0, 0.1) is 5.92 Å². The summed E-state index contributed by atoms with van der Waals surface area (Å²) in [6.45, 7) is 16.9. The highest BCUT2D eigenvalue weighted by Gasteiger charge is 2.40. The number of ether oxygens (including phenoxy) is 2. The molecule has 0 spiro atoms. The second-order valence-electron chi connectivity index (χ2n) is 11.0. The highest BCUT2D eigenvalue weighted by Crippen LogP contribution is 2.30. The lowest BCUT2D eigenvalue weighted by atomic mass is 9.93. The maximum Gasteiger partial charge on any atom is 0.408 e. The molecule has 8 nitrogen and oxygen atoms in total. The minimum Gasteiger partial charge on any atom is -0.497 e. The van der Waals surface area contributed by atoms with Crippen LogP contribution in [0.15, 0.2) is 55.1 Å². The highest BCUT2D eigenvalue weighted by molar-refractivity contribution is 5.99.